The van der Waals surface area contributed by atoms with Gasteiger partial charge in [0.15, 0.2) is 11.5 Å². The summed E-state index contributed by atoms with van der Waals surface area (Å²) in [5.74, 6) is 1.32. The molecular weight excluding hydrogens is 320 g/mol. The predicted octanol–water partition coefficient (Wildman–Crippen LogP) is 4.62. The van der Waals surface area contributed by atoms with E-state index in [-0.39, 0.29) is 0 Å². The second-order valence-electron chi connectivity index (χ2n) is 4.69. The maximum absolute atomic E-state index is 10.7. The van der Waals surface area contributed by atoms with Crippen molar-refractivity contribution in [2.75, 3.05) is 19.0 Å². The van der Waals surface area contributed by atoms with Crippen LogP contribution in [-0.4, -0.2) is 25.3 Å². The molecular formula is C16H23BrO3. The summed E-state index contributed by atoms with van der Waals surface area (Å²) in [4.78, 5) is 10.7. The van der Waals surface area contributed by atoms with E-state index in [1.165, 1.54) is 32.1 Å². The Bertz CT molecular complexity index is 393. The zero-order valence-corrected chi connectivity index (χ0v) is 13.7. The highest BCUT2D eigenvalue weighted by molar-refractivity contribution is 9.09. The van der Waals surface area contributed by atoms with Crippen LogP contribution in [0.5, 0.6) is 11.5 Å². The third-order valence-corrected chi connectivity index (χ3v) is 3.67. The molecule has 0 saturated heterocycles. The summed E-state index contributed by atoms with van der Waals surface area (Å²) in [5.41, 5.74) is 0.598. The summed E-state index contributed by atoms with van der Waals surface area (Å²) in [7, 11) is 1.58. The Kier molecular flexibility index (Phi) is 9.13. The highest BCUT2D eigenvalue weighted by atomic mass is 79.9. The predicted molar refractivity (Wildman–Crippen MR) is 85.4 cm³/mol. The van der Waals surface area contributed by atoms with E-state index in [4.69, 9.17) is 9.47 Å². The molecule has 0 N–H and O–H groups in total. The van der Waals surface area contributed by atoms with E-state index < -0.39 is 0 Å². The Morgan fingerprint density at radius 2 is 1.75 bits per heavy atom. The van der Waals surface area contributed by atoms with Crippen LogP contribution in [0.25, 0.3) is 0 Å². The van der Waals surface area contributed by atoms with Crippen LogP contribution < -0.4 is 9.47 Å². The van der Waals surface area contributed by atoms with E-state index >= 15 is 0 Å². The summed E-state index contributed by atoms with van der Waals surface area (Å²) in [6.07, 6.45) is 8.16. The number of alkyl halides is 1. The molecule has 0 aliphatic heterocycles. The van der Waals surface area contributed by atoms with Gasteiger partial charge in [0.2, 0.25) is 0 Å². The first-order valence-corrected chi connectivity index (χ1v) is 8.26. The molecule has 0 fully saturated rings. The lowest BCUT2D eigenvalue weighted by Crippen LogP contribution is -2.00. The summed E-state index contributed by atoms with van der Waals surface area (Å²) < 4.78 is 10.9. The molecule has 112 valence electrons. The van der Waals surface area contributed by atoms with Gasteiger partial charge in [0.25, 0.3) is 0 Å². The van der Waals surface area contributed by atoms with Crippen LogP contribution in [0.4, 0.5) is 0 Å². The van der Waals surface area contributed by atoms with Crippen LogP contribution in [0, 0.1) is 0 Å². The van der Waals surface area contributed by atoms with Gasteiger partial charge in [-0.1, -0.05) is 41.6 Å². The van der Waals surface area contributed by atoms with E-state index in [1.54, 1.807) is 25.3 Å². The zero-order chi connectivity index (χ0) is 14.6. The Hall–Kier alpha value is -1.03. The second kappa shape index (κ2) is 10.7. The van der Waals surface area contributed by atoms with E-state index in [9.17, 15) is 4.79 Å². The van der Waals surface area contributed by atoms with Crippen molar-refractivity contribution in [2.45, 2.75) is 38.5 Å². The molecule has 0 unspecified atom stereocenters. The molecule has 0 bridgehead atoms. The maximum Gasteiger partial charge on any atom is 0.161 e. The largest absolute Gasteiger partial charge is 0.493 e. The average Bonchev–Trinajstić information content (AvgIpc) is 2.50. The van der Waals surface area contributed by atoms with Crippen molar-refractivity contribution in [3.63, 3.8) is 0 Å². The monoisotopic (exact) mass is 342 g/mol. The topological polar surface area (TPSA) is 35.5 Å². The van der Waals surface area contributed by atoms with Crippen LogP contribution in [0.15, 0.2) is 18.2 Å². The molecule has 0 radical (unpaired) electrons. The molecule has 1 aromatic carbocycles. The minimum Gasteiger partial charge on any atom is -0.493 e. The lowest BCUT2D eigenvalue weighted by atomic mass is 10.1. The summed E-state index contributed by atoms with van der Waals surface area (Å²) in [6.45, 7) is 0.690. The number of hydrogen-bond acceptors (Lipinski definition) is 3. The number of rotatable bonds is 11. The molecule has 0 saturated carbocycles. The van der Waals surface area contributed by atoms with Crippen LogP contribution in [0.2, 0.25) is 0 Å². The first-order valence-electron chi connectivity index (χ1n) is 7.13. The van der Waals surface area contributed by atoms with Gasteiger partial charge >= 0.3 is 0 Å². The third-order valence-electron chi connectivity index (χ3n) is 3.11. The Balaban J connectivity index is 2.23. The number of aldehydes is 1. The van der Waals surface area contributed by atoms with Gasteiger partial charge in [-0.05, 0) is 31.0 Å². The minimum atomic E-state index is 0.598. The molecule has 1 aromatic rings. The van der Waals surface area contributed by atoms with Crippen molar-refractivity contribution in [3.05, 3.63) is 23.8 Å². The number of unbranched alkanes of at least 4 members (excludes halogenated alkanes) is 5. The first-order chi connectivity index (χ1) is 9.81. The van der Waals surface area contributed by atoms with Gasteiger partial charge in [-0.15, -0.1) is 0 Å². The SMILES string of the molecule is COc1cc(C=O)ccc1OCCCCCCCCBr. The number of methoxy groups -OCH3 is 1. The smallest absolute Gasteiger partial charge is 0.161 e. The number of carbonyl (C=O) groups is 1. The number of ether oxygens (including phenoxy) is 2. The van der Waals surface area contributed by atoms with Gasteiger partial charge in [0.05, 0.1) is 13.7 Å². The summed E-state index contributed by atoms with van der Waals surface area (Å²) in [5, 5.41) is 1.10. The Morgan fingerprint density at radius 1 is 1.05 bits per heavy atom. The van der Waals surface area contributed by atoms with Gasteiger partial charge in [0.1, 0.15) is 6.29 Å². The van der Waals surface area contributed by atoms with E-state index in [0.717, 1.165) is 18.0 Å². The molecule has 0 amide bonds. The Labute approximate surface area is 129 Å². The van der Waals surface area contributed by atoms with Crippen molar-refractivity contribution in [1.29, 1.82) is 0 Å². The van der Waals surface area contributed by atoms with Crippen molar-refractivity contribution in [2.24, 2.45) is 0 Å². The molecule has 1 rings (SSSR count). The number of hydrogen-bond donors (Lipinski definition) is 0. The minimum absolute atomic E-state index is 0.598. The van der Waals surface area contributed by atoms with Gasteiger partial charge in [-0.2, -0.15) is 0 Å². The van der Waals surface area contributed by atoms with Crippen LogP contribution in [-0.2, 0) is 0 Å². The fourth-order valence-corrected chi connectivity index (χ4v) is 2.36. The number of benzene rings is 1. The van der Waals surface area contributed by atoms with Gasteiger partial charge < -0.3 is 9.47 Å². The molecule has 0 aliphatic carbocycles. The quantitative estimate of drug-likeness (QED) is 0.334. The molecule has 3 nitrogen and oxygen atoms in total. The fraction of sp³-hybridized carbons (Fsp3) is 0.562. The molecule has 20 heavy (non-hydrogen) atoms. The van der Waals surface area contributed by atoms with Gasteiger partial charge in [-0.3, -0.25) is 4.79 Å². The second-order valence-corrected chi connectivity index (χ2v) is 5.48. The van der Waals surface area contributed by atoms with E-state index in [2.05, 4.69) is 15.9 Å². The average molecular weight is 343 g/mol. The van der Waals surface area contributed by atoms with Gasteiger partial charge in [-0.25, -0.2) is 0 Å². The van der Waals surface area contributed by atoms with Crippen LogP contribution in [0.1, 0.15) is 48.9 Å². The maximum atomic E-state index is 10.7. The zero-order valence-electron chi connectivity index (χ0n) is 12.1. The van der Waals surface area contributed by atoms with Gasteiger partial charge in [0, 0.05) is 10.9 Å². The lowest BCUT2D eigenvalue weighted by Gasteiger charge is -2.10. The number of carbonyl (C=O) groups excluding carboxylic acids is 1. The molecule has 0 atom stereocenters. The van der Waals surface area contributed by atoms with Crippen LogP contribution >= 0.6 is 15.9 Å². The van der Waals surface area contributed by atoms with Crippen molar-refractivity contribution in [3.8, 4) is 11.5 Å². The highest BCUT2D eigenvalue weighted by Crippen LogP contribution is 2.27. The van der Waals surface area contributed by atoms with E-state index in [0.29, 0.717) is 23.7 Å². The normalized spacial score (nSPS) is 10.3. The Morgan fingerprint density at radius 3 is 2.40 bits per heavy atom. The lowest BCUT2D eigenvalue weighted by molar-refractivity contribution is 0.112. The molecule has 0 aromatic heterocycles. The van der Waals surface area contributed by atoms with Crippen molar-refractivity contribution < 1.29 is 14.3 Å². The molecule has 0 aliphatic rings. The van der Waals surface area contributed by atoms with Crippen molar-refractivity contribution >= 4 is 22.2 Å². The standard InChI is InChI=1S/C16H23BrO3/c1-19-16-12-14(13-18)8-9-15(16)20-11-7-5-3-2-4-6-10-17/h8-9,12-13H,2-7,10-11H2,1H3. The number of halogens is 1. The third kappa shape index (κ3) is 6.42. The molecule has 0 spiro atoms. The molecule has 0 heterocycles. The fourth-order valence-electron chi connectivity index (χ4n) is 1.96. The van der Waals surface area contributed by atoms with Crippen molar-refractivity contribution in [1.82, 2.24) is 0 Å². The summed E-state index contributed by atoms with van der Waals surface area (Å²) >= 11 is 3.44. The van der Waals surface area contributed by atoms with Crippen LogP contribution in [0.3, 0.4) is 0 Å². The summed E-state index contributed by atoms with van der Waals surface area (Å²) in [6, 6.07) is 5.23. The first kappa shape index (κ1) is 17.0. The highest BCUT2D eigenvalue weighted by Gasteiger charge is 2.05. The molecule has 4 heteroatoms. The van der Waals surface area contributed by atoms with E-state index in [1.807, 2.05) is 0 Å².